The van der Waals surface area contributed by atoms with Crippen LogP contribution in [0.15, 0.2) is 0 Å². The predicted octanol–water partition coefficient (Wildman–Crippen LogP) is 3.19. The van der Waals surface area contributed by atoms with Gasteiger partial charge in [0.2, 0.25) is 0 Å². The zero-order chi connectivity index (χ0) is 9.97. The van der Waals surface area contributed by atoms with Gasteiger partial charge < -0.3 is 5.11 Å². The summed E-state index contributed by atoms with van der Waals surface area (Å²) in [5.41, 5.74) is 0. The molecule has 2 bridgehead atoms. The average molecular weight is 217 g/mol. The van der Waals surface area contributed by atoms with Crippen molar-refractivity contribution in [3.63, 3.8) is 0 Å². The summed E-state index contributed by atoms with van der Waals surface area (Å²) in [5, 5.41) is 9.81. The molecule has 2 aliphatic carbocycles. The quantitative estimate of drug-likeness (QED) is 0.700. The van der Waals surface area contributed by atoms with Crippen LogP contribution in [0.3, 0.4) is 0 Å². The van der Waals surface area contributed by atoms with Crippen LogP contribution in [0.25, 0.3) is 0 Å². The van der Waals surface area contributed by atoms with Crippen LogP contribution in [0.5, 0.6) is 0 Å². The smallest absolute Gasteiger partial charge is 0.0543 e. The fourth-order valence-corrected chi connectivity index (χ4v) is 3.60. The van der Waals surface area contributed by atoms with Crippen LogP contribution in [0, 0.1) is 17.8 Å². The first kappa shape index (κ1) is 10.8. The predicted molar refractivity (Wildman–Crippen MR) is 59.5 cm³/mol. The zero-order valence-corrected chi connectivity index (χ0v) is 9.55. The van der Waals surface area contributed by atoms with E-state index >= 15 is 0 Å². The van der Waals surface area contributed by atoms with Gasteiger partial charge in [-0.3, -0.25) is 0 Å². The molecule has 1 nitrogen and oxygen atoms in total. The van der Waals surface area contributed by atoms with Crippen LogP contribution >= 0.6 is 11.6 Å². The largest absolute Gasteiger partial charge is 0.393 e. The van der Waals surface area contributed by atoms with Crippen molar-refractivity contribution < 1.29 is 5.11 Å². The Morgan fingerprint density at radius 3 is 2.71 bits per heavy atom. The lowest BCUT2D eigenvalue weighted by molar-refractivity contribution is 0.116. The highest BCUT2D eigenvalue weighted by Gasteiger charge is 2.39. The highest BCUT2D eigenvalue weighted by Crippen LogP contribution is 2.49. The summed E-state index contributed by atoms with van der Waals surface area (Å²) in [6, 6.07) is 0. The third kappa shape index (κ3) is 2.43. The molecule has 0 aromatic heterocycles. The molecule has 2 heteroatoms. The highest BCUT2D eigenvalue weighted by atomic mass is 35.5. The molecule has 4 atom stereocenters. The molecule has 1 N–H and O–H groups in total. The van der Waals surface area contributed by atoms with Crippen molar-refractivity contribution in [2.45, 2.75) is 51.0 Å². The topological polar surface area (TPSA) is 20.2 Å². The second kappa shape index (κ2) is 4.85. The molecule has 0 radical (unpaired) electrons. The summed E-state index contributed by atoms with van der Waals surface area (Å²) < 4.78 is 0. The molecule has 4 unspecified atom stereocenters. The van der Waals surface area contributed by atoms with E-state index in [0.29, 0.717) is 5.88 Å². The fourth-order valence-electron chi connectivity index (χ4n) is 3.45. The van der Waals surface area contributed by atoms with Gasteiger partial charge in [-0.1, -0.05) is 6.42 Å². The Bertz CT molecular complexity index is 183. The molecule has 0 aromatic carbocycles. The van der Waals surface area contributed by atoms with E-state index < -0.39 is 0 Å². The van der Waals surface area contributed by atoms with Crippen molar-refractivity contribution in [2.75, 3.05) is 5.88 Å². The maximum Gasteiger partial charge on any atom is 0.0543 e. The molecule has 0 aliphatic heterocycles. The summed E-state index contributed by atoms with van der Waals surface area (Å²) >= 11 is 5.61. The van der Waals surface area contributed by atoms with Gasteiger partial charge in [-0.15, -0.1) is 11.6 Å². The minimum Gasteiger partial charge on any atom is -0.393 e. The summed E-state index contributed by atoms with van der Waals surface area (Å²) in [7, 11) is 0. The lowest BCUT2D eigenvalue weighted by atomic mass is 9.84. The first-order chi connectivity index (χ1) is 6.79. The standard InChI is InChI=1S/C12H21ClO/c13-5-1-2-12(14)8-11-7-9-3-4-10(11)6-9/h9-12,14H,1-8H2. The molecule has 82 valence electrons. The van der Waals surface area contributed by atoms with E-state index in [9.17, 15) is 5.11 Å². The summed E-state index contributed by atoms with van der Waals surface area (Å²) in [5.74, 6) is 3.48. The molecule has 2 saturated carbocycles. The number of hydrogen-bond acceptors (Lipinski definition) is 1. The third-order valence-electron chi connectivity index (χ3n) is 4.13. The maximum atomic E-state index is 9.81. The van der Waals surface area contributed by atoms with Crippen LogP contribution in [-0.2, 0) is 0 Å². The van der Waals surface area contributed by atoms with Gasteiger partial charge in [0.25, 0.3) is 0 Å². The lowest BCUT2D eigenvalue weighted by Crippen LogP contribution is -2.18. The monoisotopic (exact) mass is 216 g/mol. The second-order valence-corrected chi connectivity index (χ2v) is 5.53. The van der Waals surface area contributed by atoms with Gasteiger partial charge in [0.05, 0.1) is 6.10 Å². The van der Waals surface area contributed by atoms with Gasteiger partial charge in [0, 0.05) is 5.88 Å². The second-order valence-electron chi connectivity index (χ2n) is 5.16. The van der Waals surface area contributed by atoms with Crippen molar-refractivity contribution in [1.82, 2.24) is 0 Å². The molecule has 0 saturated heterocycles. The van der Waals surface area contributed by atoms with Gasteiger partial charge in [-0.25, -0.2) is 0 Å². The van der Waals surface area contributed by atoms with E-state index in [2.05, 4.69) is 0 Å². The first-order valence-electron chi connectivity index (χ1n) is 6.03. The molecule has 2 rings (SSSR count). The summed E-state index contributed by atoms with van der Waals surface area (Å²) in [6.07, 6.45) is 8.54. The molecular formula is C12H21ClO. The highest BCUT2D eigenvalue weighted by molar-refractivity contribution is 6.17. The van der Waals surface area contributed by atoms with E-state index in [-0.39, 0.29) is 6.10 Å². The van der Waals surface area contributed by atoms with Gasteiger partial charge in [-0.05, 0) is 56.3 Å². The number of fused-ring (bicyclic) bond motifs is 2. The Morgan fingerprint density at radius 1 is 1.29 bits per heavy atom. The minimum absolute atomic E-state index is 0.0851. The number of rotatable bonds is 5. The summed E-state index contributed by atoms with van der Waals surface area (Å²) in [6.45, 7) is 0. The lowest BCUT2D eigenvalue weighted by Gasteiger charge is -2.23. The molecule has 14 heavy (non-hydrogen) atoms. The minimum atomic E-state index is -0.0851. The van der Waals surface area contributed by atoms with Gasteiger partial charge >= 0.3 is 0 Å². The van der Waals surface area contributed by atoms with E-state index in [4.69, 9.17) is 11.6 Å². The molecule has 0 heterocycles. The van der Waals surface area contributed by atoms with Gasteiger partial charge in [-0.2, -0.15) is 0 Å². The third-order valence-corrected chi connectivity index (χ3v) is 4.40. The molecular weight excluding hydrogens is 196 g/mol. The van der Waals surface area contributed by atoms with E-state index in [1.807, 2.05) is 0 Å². The molecule has 0 spiro atoms. The Morgan fingerprint density at radius 2 is 2.14 bits per heavy atom. The van der Waals surface area contributed by atoms with Gasteiger partial charge in [0.15, 0.2) is 0 Å². The van der Waals surface area contributed by atoms with Crippen LogP contribution < -0.4 is 0 Å². The average Bonchev–Trinajstić information content (AvgIpc) is 2.76. The number of halogens is 1. The van der Waals surface area contributed by atoms with E-state index in [0.717, 1.165) is 37.0 Å². The molecule has 2 aliphatic rings. The van der Waals surface area contributed by atoms with Crippen LogP contribution in [-0.4, -0.2) is 17.1 Å². The van der Waals surface area contributed by atoms with Crippen LogP contribution in [0.4, 0.5) is 0 Å². The maximum absolute atomic E-state index is 9.81. The Labute approximate surface area is 91.8 Å². The fraction of sp³-hybridized carbons (Fsp3) is 1.00. The number of hydrogen-bond donors (Lipinski definition) is 1. The number of aliphatic hydroxyl groups excluding tert-OH is 1. The zero-order valence-electron chi connectivity index (χ0n) is 8.79. The van der Waals surface area contributed by atoms with E-state index in [1.165, 1.54) is 25.7 Å². The van der Waals surface area contributed by atoms with Crippen LogP contribution in [0.1, 0.15) is 44.9 Å². The normalized spacial score (nSPS) is 37.7. The number of aliphatic hydroxyl groups is 1. The SMILES string of the molecule is OC(CCCCl)CC1CC2CCC1C2. The van der Waals surface area contributed by atoms with Crippen molar-refractivity contribution in [3.05, 3.63) is 0 Å². The van der Waals surface area contributed by atoms with Crippen molar-refractivity contribution in [2.24, 2.45) is 17.8 Å². The molecule has 0 amide bonds. The number of alkyl halides is 1. The summed E-state index contributed by atoms with van der Waals surface area (Å²) in [4.78, 5) is 0. The molecule has 2 fully saturated rings. The Hall–Kier alpha value is 0.250. The van der Waals surface area contributed by atoms with E-state index in [1.54, 1.807) is 0 Å². The van der Waals surface area contributed by atoms with Crippen molar-refractivity contribution >= 4 is 11.6 Å². The Kier molecular flexibility index (Phi) is 3.73. The van der Waals surface area contributed by atoms with Crippen molar-refractivity contribution in [1.29, 1.82) is 0 Å². The van der Waals surface area contributed by atoms with Crippen molar-refractivity contribution in [3.8, 4) is 0 Å². The van der Waals surface area contributed by atoms with Crippen LogP contribution in [0.2, 0.25) is 0 Å². The molecule has 0 aromatic rings. The van der Waals surface area contributed by atoms with Gasteiger partial charge in [0.1, 0.15) is 0 Å². The first-order valence-corrected chi connectivity index (χ1v) is 6.57. The Balaban J connectivity index is 1.70.